The highest BCUT2D eigenvalue weighted by molar-refractivity contribution is 9.10. The molecule has 0 saturated heterocycles. The lowest BCUT2D eigenvalue weighted by Crippen LogP contribution is -2.44. The van der Waals surface area contributed by atoms with Gasteiger partial charge in [0.1, 0.15) is 5.52 Å². The molecule has 2 atom stereocenters. The van der Waals surface area contributed by atoms with Gasteiger partial charge in [-0.25, -0.2) is 4.98 Å². The number of hydrogen-bond donors (Lipinski definition) is 2. The van der Waals surface area contributed by atoms with Gasteiger partial charge in [-0.3, -0.25) is 29.4 Å². The van der Waals surface area contributed by atoms with Gasteiger partial charge in [0.25, 0.3) is 0 Å². The molecule has 0 saturated carbocycles. The first-order chi connectivity index (χ1) is 15.4. The summed E-state index contributed by atoms with van der Waals surface area (Å²) in [5, 5.41) is 13.0. The number of hydrogen-bond acceptors (Lipinski definition) is 7. The summed E-state index contributed by atoms with van der Waals surface area (Å²) in [5.74, 6) is -2.56. The number of aliphatic imine (C=N–C) groups is 1. The Kier molecular flexibility index (Phi) is 6.17. The maximum Gasteiger partial charge on any atom is 0.307 e. The predicted octanol–water partition coefficient (Wildman–Crippen LogP) is 2.32. The van der Waals surface area contributed by atoms with Crippen molar-refractivity contribution in [2.24, 2.45) is 23.9 Å². The van der Waals surface area contributed by atoms with Crippen molar-refractivity contribution in [3.63, 3.8) is 0 Å². The average molecular weight is 500 g/mol. The maximum absolute atomic E-state index is 13.3. The van der Waals surface area contributed by atoms with Gasteiger partial charge in [-0.2, -0.15) is 0 Å². The van der Waals surface area contributed by atoms with Gasteiger partial charge in [0, 0.05) is 50.2 Å². The summed E-state index contributed by atoms with van der Waals surface area (Å²) >= 11 is 3.55. The number of rotatable bonds is 6. The first-order valence-corrected chi connectivity index (χ1v) is 10.9. The van der Waals surface area contributed by atoms with E-state index in [1.807, 2.05) is 12.1 Å². The van der Waals surface area contributed by atoms with Crippen molar-refractivity contribution in [2.45, 2.75) is 13.3 Å². The molecule has 4 rings (SSSR count). The number of amides is 1. The van der Waals surface area contributed by atoms with E-state index >= 15 is 0 Å². The van der Waals surface area contributed by atoms with Gasteiger partial charge in [-0.15, -0.1) is 0 Å². The molecular weight excluding hydrogens is 478 g/mol. The number of carbonyl (C=O) groups is 2. The number of aliphatic carboxylic acids is 1. The number of anilines is 1. The van der Waals surface area contributed by atoms with Crippen LogP contribution in [0.15, 0.2) is 46.5 Å². The minimum absolute atomic E-state index is 0.210. The third-order valence-corrected chi connectivity index (χ3v) is 6.39. The number of aromatic nitrogens is 4. The number of guanidine groups is 1. The normalized spacial score (nSPS) is 15.5. The molecule has 166 valence electrons. The van der Waals surface area contributed by atoms with Crippen LogP contribution in [0.25, 0.3) is 11.0 Å². The molecule has 10 nitrogen and oxygen atoms in total. The van der Waals surface area contributed by atoms with Crippen LogP contribution in [0.5, 0.6) is 0 Å². The molecule has 1 aliphatic heterocycles. The van der Waals surface area contributed by atoms with Crippen molar-refractivity contribution >= 4 is 50.5 Å². The van der Waals surface area contributed by atoms with Crippen molar-refractivity contribution in [1.82, 2.24) is 24.4 Å². The van der Waals surface area contributed by atoms with Gasteiger partial charge in [0.2, 0.25) is 11.9 Å². The molecule has 0 fully saturated rings. The Hall–Kier alpha value is -3.34. The first-order valence-electron chi connectivity index (χ1n) is 10.1. The van der Waals surface area contributed by atoms with Crippen LogP contribution >= 0.6 is 15.9 Å². The number of benzene rings is 1. The molecule has 11 heteroatoms. The van der Waals surface area contributed by atoms with Crippen LogP contribution in [0, 0.1) is 11.8 Å². The van der Waals surface area contributed by atoms with Gasteiger partial charge in [0.05, 0.1) is 34.5 Å². The van der Waals surface area contributed by atoms with Crippen molar-refractivity contribution in [3.8, 4) is 0 Å². The standard InChI is InChI=1S/C21H22BrN7O3/c1-12(14(20(31)32)9-13-10-23-11-28(13)2)19(30)29-8-7-26-21(29)27-15-3-4-16-18(17(15)22)25-6-5-24-16/h3-6,10-12,14H,7-9H2,1-2H3,(H,26,27)(H,31,32). The SMILES string of the molecule is CC(C(=O)N1CCN=C1Nc1ccc2nccnc2c1Br)C(Cc1cncn1C)C(=O)O. The summed E-state index contributed by atoms with van der Waals surface area (Å²) in [6.07, 6.45) is 6.67. The molecule has 0 spiro atoms. The van der Waals surface area contributed by atoms with E-state index in [9.17, 15) is 14.7 Å². The number of nitrogens with one attached hydrogen (secondary N) is 1. The number of fused-ring (bicyclic) bond motifs is 1. The fraction of sp³-hybridized carbons (Fsp3) is 0.333. The topological polar surface area (TPSA) is 126 Å². The minimum Gasteiger partial charge on any atom is -0.481 e. The number of halogens is 1. The number of carboxylic acid groups (broad SMARTS) is 1. The molecule has 1 amide bonds. The Balaban J connectivity index is 1.53. The number of aryl methyl sites for hydroxylation is 1. The quantitative estimate of drug-likeness (QED) is 0.532. The van der Waals surface area contributed by atoms with Crippen molar-refractivity contribution in [1.29, 1.82) is 0 Å². The van der Waals surface area contributed by atoms with Gasteiger partial charge in [-0.05, 0) is 28.1 Å². The number of carbonyl (C=O) groups excluding carboxylic acids is 1. The van der Waals surface area contributed by atoms with Crippen LogP contribution in [-0.2, 0) is 23.1 Å². The van der Waals surface area contributed by atoms with Gasteiger partial charge < -0.3 is 15.0 Å². The maximum atomic E-state index is 13.3. The van der Waals surface area contributed by atoms with Crippen LogP contribution < -0.4 is 5.32 Å². The molecule has 0 radical (unpaired) electrons. The van der Waals surface area contributed by atoms with E-state index in [1.165, 1.54) is 4.90 Å². The fourth-order valence-corrected chi connectivity index (χ4v) is 4.23. The summed E-state index contributed by atoms with van der Waals surface area (Å²) in [6, 6.07) is 3.66. The second-order valence-electron chi connectivity index (χ2n) is 7.60. The number of imidazole rings is 1. The molecular formula is C21H22BrN7O3. The van der Waals surface area contributed by atoms with Gasteiger partial charge in [-0.1, -0.05) is 6.92 Å². The fourth-order valence-electron chi connectivity index (χ4n) is 3.69. The summed E-state index contributed by atoms with van der Waals surface area (Å²) < 4.78 is 2.47. The van der Waals surface area contributed by atoms with E-state index in [0.717, 1.165) is 11.2 Å². The van der Waals surface area contributed by atoms with Crippen LogP contribution in [0.3, 0.4) is 0 Å². The highest BCUT2D eigenvalue weighted by Gasteiger charge is 2.36. The third kappa shape index (κ3) is 4.20. The Morgan fingerprint density at radius 3 is 2.78 bits per heavy atom. The highest BCUT2D eigenvalue weighted by atomic mass is 79.9. The van der Waals surface area contributed by atoms with Crippen molar-refractivity contribution < 1.29 is 14.7 Å². The zero-order chi connectivity index (χ0) is 22.8. The Morgan fingerprint density at radius 1 is 1.28 bits per heavy atom. The molecule has 3 heterocycles. The molecule has 2 N–H and O–H groups in total. The van der Waals surface area contributed by atoms with Gasteiger partial charge >= 0.3 is 5.97 Å². The number of carboxylic acids is 1. The smallest absolute Gasteiger partial charge is 0.307 e. The number of nitrogens with zero attached hydrogens (tertiary/aromatic N) is 6. The first kappa shape index (κ1) is 21.9. The predicted molar refractivity (Wildman–Crippen MR) is 122 cm³/mol. The lowest BCUT2D eigenvalue weighted by atomic mass is 9.88. The Labute approximate surface area is 192 Å². The van der Waals surface area contributed by atoms with Crippen LogP contribution in [-0.4, -0.2) is 60.5 Å². The zero-order valence-electron chi connectivity index (χ0n) is 17.6. The molecule has 0 aliphatic carbocycles. The Morgan fingerprint density at radius 2 is 2.06 bits per heavy atom. The van der Waals surface area contributed by atoms with Crippen LogP contribution in [0.4, 0.5) is 5.69 Å². The van der Waals surface area contributed by atoms with E-state index in [2.05, 4.69) is 41.2 Å². The lowest BCUT2D eigenvalue weighted by molar-refractivity contribution is -0.148. The highest BCUT2D eigenvalue weighted by Crippen LogP contribution is 2.30. The van der Waals surface area contributed by atoms with E-state index in [-0.39, 0.29) is 12.3 Å². The van der Waals surface area contributed by atoms with Crippen molar-refractivity contribution in [2.75, 3.05) is 18.4 Å². The van der Waals surface area contributed by atoms with E-state index in [4.69, 9.17) is 0 Å². The van der Waals surface area contributed by atoms with Crippen molar-refractivity contribution in [3.05, 3.63) is 47.2 Å². The summed E-state index contributed by atoms with van der Waals surface area (Å²) in [4.78, 5) is 43.9. The molecule has 2 aromatic heterocycles. The molecule has 3 aromatic rings. The largest absolute Gasteiger partial charge is 0.481 e. The summed E-state index contributed by atoms with van der Waals surface area (Å²) in [7, 11) is 1.80. The monoisotopic (exact) mass is 499 g/mol. The zero-order valence-corrected chi connectivity index (χ0v) is 19.2. The summed E-state index contributed by atoms with van der Waals surface area (Å²) in [5.41, 5.74) is 2.87. The van der Waals surface area contributed by atoms with Gasteiger partial charge in [0.15, 0.2) is 0 Å². The Bertz CT molecular complexity index is 1210. The third-order valence-electron chi connectivity index (χ3n) is 5.59. The van der Waals surface area contributed by atoms with Crippen LogP contribution in [0.2, 0.25) is 0 Å². The second kappa shape index (κ2) is 9.03. The summed E-state index contributed by atoms with van der Waals surface area (Å²) in [6.45, 7) is 2.47. The van der Waals surface area contributed by atoms with E-state index in [1.54, 1.807) is 43.5 Å². The lowest BCUT2D eigenvalue weighted by Gasteiger charge is -2.26. The minimum atomic E-state index is -1.02. The molecule has 1 aliphatic rings. The van der Waals surface area contributed by atoms with E-state index in [0.29, 0.717) is 34.7 Å². The second-order valence-corrected chi connectivity index (χ2v) is 8.40. The average Bonchev–Trinajstić information content (AvgIpc) is 3.41. The molecule has 1 aromatic carbocycles. The van der Waals surface area contributed by atoms with Crippen LogP contribution in [0.1, 0.15) is 12.6 Å². The van der Waals surface area contributed by atoms with E-state index < -0.39 is 17.8 Å². The molecule has 0 bridgehead atoms. The molecule has 2 unspecified atom stereocenters. The molecule has 32 heavy (non-hydrogen) atoms.